The van der Waals surface area contributed by atoms with Crippen LogP contribution in [0.4, 0.5) is 19.0 Å². The van der Waals surface area contributed by atoms with Crippen LogP contribution in [0.25, 0.3) is 5.65 Å². The van der Waals surface area contributed by atoms with E-state index in [9.17, 15) is 18.0 Å². The zero-order valence-electron chi connectivity index (χ0n) is 12.2. The second-order valence-electron chi connectivity index (χ2n) is 5.08. The predicted molar refractivity (Wildman–Crippen MR) is 80.0 cm³/mol. The molecule has 24 heavy (non-hydrogen) atoms. The predicted octanol–water partition coefficient (Wildman–Crippen LogP) is 2.26. The first kappa shape index (κ1) is 15.8. The first-order valence-corrected chi connectivity index (χ1v) is 6.87. The molecule has 0 saturated carbocycles. The second kappa shape index (κ2) is 5.84. The molecule has 3 rings (SSSR count). The molecule has 0 aliphatic carbocycles. The second-order valence-corrected chi connectivity index (χ2v) is 5.08. The highest BCUT2D eigenvalue weighted by atomic mass is 19.4. The summed E-state index contributed by atoms with van der Waals surface area (Å²) in [4.78, 5) is 19.5. The van der Waals surface area contributed by atoms with Crippen molar-refractivity contribution < 1.29 is 18.0 Å². The van der Waals surface area contributed by atoms with Crippen LogP contribution in [-0.2, 0) is 12.7 Å². The van der Waals surface area contributed by atoms with E-state index in [1.807, 2.05) is 0 Å². The van der Waals surface area contributed by atoms with Crippen molar-refractivity contribution in [2.45, 2.75) is 12.7 Å². The van der Waals surface area contributed by atoms with Crippen LogP contribution in [0, 0.1) is 0 Å². The quantitative estimate of drug-likeness (QED) is 0.769. The van der Waals surface area contributed by atoms with Gasteiger partial charge in [-0.25, -0.2) is 9.97 Å². The molecule has 6 nitrogen and oxygen atoms in total. The summed E-state index contributed by atoms with van der Waals surface area (Å²) in [7, 11) is 0. The van der Waals surface area contributed by atoms with E-state index in [1.165, 1.54) is 28.9 Å². The highest BCUT2D eigenvalue weighted by molar-refractivity contribution is 5.94. The third-order valence-corrected chi connectivity index (χ3v) is 3.30. The molecule has 0 atom stereocenters. The summed E-state index contributed by atoms with van der Waals surface area (Å²) < 4.78 is 39.1. The third-order valence-electron chi connectivity index (χ3n) is 3.30. The number of carbonyl (C=O) groups excluding carboxylic acids is 1. The molecular weight excluding hydrogens is 323 g/mol. The molecule has 1 amide bonds. The Balaban J connectivity index is 1.76. The molecule has 0 aromatic carbocycles. The van der Waals surface area contributed by atoms with Crippen LogP contribution in [0.1, 0.15) is 21.6 Å². The van der Waals surface area contributed by atoms with Crippen molar-refractivity contribution in [3.05, 3.63) is 59.7 Å². The maximum absolute atomic E-state index is 12.7. The van der Waals surface area contributed by atoms with Gasteiger partial charge < -0.3 is 15.5 Å². The Morgan fingerprint density at radius 3 is 2.67 bits per heavy atom. The van der Waals surface area contributed by atoms with E-state index in [-0.39, 0.29) is 17.8 Å². The Morgan fingerprint density at radius 1 is 1.21 bits per heavy atom. The van der Waals surface area contributed by atoms with E-state index in [2.05, 4.69) is 15.3 Å². The molecule has 0 saturated heterocycles. The number of nitrogen functional groups attached to an aromatic ring is 1. The first-order chi connectivity index (χ1) is 11.3. The molecule has 0 fully saturated rings. The van der Waals surface area contributed by atoms with E-state index >= 15 is 0 Å². The third kappa shape index (κ3) is 3.29. The Bertz CT molecular complexity index is 886. The van der Waals surface area contributed by atoms with Gasteiger partial charge >= 0.3 is 6.18 Å². The SMILES string of the molecule is Nc1ccc(CNC(=O)c2ccc3nc(C(F)(F)F)cn3c2)cn1. The van der Waals surface area contributed by atoms with Crippen molar-refractivity contribution in [3.8, 4) is 0 Å². The van der Waals surface area contributed by atoms with E-state index < -0.39 is 17.8 Å². The van der Waals surface area contributed by atoms with Crippen molar-refractivity contribution in [2.75, 3.05) is 5.73 Å². The van der Waals surface area contributed by atoms with Crippen molar-refractivity contribution in [2.24, 2.45) is 0 Å². The van der Waals surface area contributed by atoms with Crippen LogP contribution in [-0.4, -0.2) is 20.3 Å². The summed E-state index contributed by atoms with van der Waals surface area (Å²) in [6, 6.07) is 6.10. The summed E-state index contributed by atoms with van der Waals surface area (Å²) in [6.07, 6.45) is -0.856. The molecule has 0 radical (unpaired) electrons. The van der Waals surface area contributed by atoms with Gasteiger partial charge in [0.1, 0.15) is 11.5 Å². The number of amides is 1. The van der Waals surface area contributed by atoms with Gasteiger partial charge in [0, 0.05) is 25.1 Å². The normalized spacial score (nSPS) is 11.6. The van der Waals surface area contributed by atoms with Gasteiger partial charge in [0.05, 0.1) is 5.56 Å². The van der Waals surface area contributed by atoms with E-state index in [1.54, 1.807) is 12.1 Å². The average molecular weight is 335 g/mol. The minimum Gasteiger partial charge on any atom is -0.384 e. The number of pyridine rings is 2. The number of aromatic nitrogens is 3. The van der Waals surface area contributed by atoms with Crippen LogP contribution in [0.2, 0.25) is 0 Å². The molecule has 3 aromatic heterocycles. The van der Waals surface area contributed by atoms with E-state index in [0.29, 0.717) is 5.82 Å². The number of anilines is 1. The van der Waals surface area contributed by atoms with Crippen molar-refractivity contribution in [3.63, 3.8) is 0 Å². The Kier molecular flexibility index (Phi) is 3.84. The summed E-state index contributed by atoms with van der Waals surface area (Å²) in [5.74, 6) is -0.0490. The van der Waals surface area contributed by atoms with Crippen LogP contribution in [0.5, 0.6) is 0 Å². The number of nitrogens with two attached hydrogens (primary N) is 1. The van der Waals surface area contributed by atoms with Crippen LogP contribution in [0.3, 0.4) is 0 Å². The Hall–Kier alpha value is -3.10. The number of alkyl halides is 3. The lowest BCUT2D eigenvalue weighted by atomic mass is 10.2. The largest absolute Gasteiger partial charge is 0.434 e. The van der Waals surface area contributed by atoms with Gasteiger partial charge in [-0.3, -0.25) is 4.79 Å². The minimum absolute atomic E-state index is 0.113. The van der Waals surface area contributed by atoms with E-state index in [4.69, 9.17) is 5.73 Å². The van der Waals surface area contributed by atoms with Crippen LogP contribution < -0.4 is 11.1 Å². The van der Waals surface area contributed by atoms with Gasteiger partial charge in [0.15, 0.2) is 5.69 Å². The van der Waals surface area contributed by atoms with Crippen LogP contribution in [0.15, 0.2) is 42.9 Å². The maximum Gasteiger partial charge on any atom is 0.434 e. The fourth-order valence-electron chi connectivity index (χ4n) is 2.09. The Labute approximate surface area is 134 Å². The van der Waals surface area contributed by atoms with Gasteiger partial charge in [-0.2, -0.15) is 13.2 Å². The molecule has 3 heterocycles. The fraction of sp³-hybridized carbons (Fsp3) is 0.133. The number of fused-ring (bicyclic) bond motifs is 1. The van der Waals surface area contributed by atoms with Crippen molar-refractivity contribution >= 4 is 17.4 Å². The summed E-state index contributed by atoms with van der Waals surface area (Å²) >= 11 is 0. The zero-order valence-corrected chi connectivity index (χ0v) is 12.2. The number of nitrogens with zero attached hydrogens (tertiary/aromatic N) is 3. The number of carbonyl (C=O) groups is 1. The highest BCUT2D eigenvalue weighted by Gasteiger charge is 2.33. The molecule has 0 unspecified atom stereocenters. The highest BCUT2D eigenvalue weighted by Crippen LogP contribution is 2.28. The average Bonchev–Trinajstić information content (AvgIpc) is 2.97. The first-order valence-electron chi connectivity index (χ1n) is 6.87. The molecular formula is C15H12F3N5O. The van der Waals surface area contributed by atoms with Crippen LogP contribution >= 0.6 is 0 Å². The molecule has 3 N–H and O–H groups in total. The molecule has 9 heteroatoms. The van der Waals surface area contributed by atoms with Gasteiger partial charge in [0.25, 0.3) is 5.91 Å². The lowest BCUT2D eigenvalue weighted by Crippen LogP contribution is -2.23. The lowest BCUT2D eigenvalue weighted by molar-refractivity contribution is -0.140. The Morgan fingerprint density at radius 2 is 2.00 bits per heavy atom. The molecule has 0 aliphatic rings. The van der Waals surface area contributed by atoms with Crippen molar-refractivity contribution in [1.82, 2.24) is 19.7 Å². The summed E-state index contributed by atoms with van der Waals surface area (Å²) in [6.45, 7) is 0.224. The molecule has 0 spiro atoms. The van der Waals surface area contributed by atoms with Gasteiger partial charge in [-0.05, 0) is 23.8 Å². The van der Waals surface area contributed by atoms with E-state index in [0.717, 1.165) is 11.8 Å². The molecule has 0 aliphatic heterocycles. The van der Waals surface area contributed by atoms with Crippen molar-refractivity contribution in [1.29, 1.82) is 0 Å². The smallest absolute Gasteiger partial charge is 0.384 e. The number of halogens is 3. The van der Waals surface area contributed by atoms with Gasteiger partial charge in [-0.1, -0.05) is 6.07 Å². The van der Waals surface area contributed by atoms with Gasteiger partial charge in [0.2, 0.25) is 0 Å². The summed E-state index contributed by atoms with van der Waals surface area (Å²) in [5, 5.41) is 2.66. The van der Waals surface area contributed by atoms with Gasteiger partial charge in [-0.15, -0.1) is 0 Å². The molecule has 124 valence electrons. The number of hydrogen-bond donors (Lipinski definition) is 2. The monoisotopic (exact) mass is 335 g/mol. The molecule has 0 bridgehead atoms. The number of rotatable bonds is 3. The zero-order chi connectivity index (χ0) is 17.3. The lowest BCUT2D eigenvalue weighted by Gasteiger charge is -2.06. The molecule has 3 aromatic rings. The maximum atomic E-state index is 12.7. The topological polar surface area (TPSA) is 85.3 Å². The summed E-state index contributed by atoms with van der Waals surface area (Å²) in [5.41, 5.74) is 5.55. The minimum atomic E-state index is -4.53. The number of imidazole rings is 1. The number of hydrogen-bond acceptors (Lipinski definition) is 4. The fourth-order valence-corrected chi connectivity index (χ4v) is 2.09. The number of nitrogens with one attached hydrogen (secondary N) is 1. The standard InChI is InChI=1S/C15H12F3N5O/c16-15(17,18)11-8-23-7-10(2-4-13(23)22-11)14(24)21-6-9-1-3-12(19)20-5-9/h1-5,7-8H,6H2,(H2,19,20)(H,21,24).